The molecule has 4 heteroatoms. The molecule has 0 spiro atoms. The first-order valence-electron chi connectivity index (χ1n) is 7.40. The van der Waals surface area contributed by atoms with E-state index >= 15 is 0 Å². The van der Waals surface area contributed by atoms with Crippen LogP contribution in [-0.4, -0.2) is 16.5 Å². The molecule has 3 N–H and O–H groups in total. The topological polar surface area (TPSA) is 54.7 Å². The van der Waals surface area contributed by atoms with Gasteiger partial charge < -0.3 is 10.7 Å². The van der Waals surface area contributed by atoms with Crippen molar-refractivity contribution in [3.8, 4) is 0 Å². The zero-order valence-corrected chi connectivity index (χ0v) is 13.8. The van der Waals surface area contributed by atoms with E-state index in [4.69, 9.17) is 10.7 Å². The zero-order valence-electron chi connectivity index (χ0n) is 12.2. The van der Waals surface area contributed by atoms with Gasteiger partial charge in [0.1, 0.15) is 5.82 Å². The van der Waals surface area contributed by atoms with Gasteiger partial charge in [0, 0.05) is 16.4 Å². The minimum atomic E-state index is 0.0461. The van der Waals surface area contributed by atoms with Gasteiger partial charge >= 0.3 is 0 Å². The maximum absolute atomic E-state index is 6.14. The fourth-order valence-electron chi connectivity index (χ4n) is 3.35. The number of aryl methyl sites for hydroxylation is 1. The van der Waals surface area contributed by atoms with E-state index in [0.717, 1.165) is 40.1 Å². The van der Waals surface area contributed by atoms with Crippen LogP contribution >= 0.6 is 15.9 Å². The van der Waals surface area contributed by atoms with Crippen LogP contribution in [0.25, 0.3) is 11.0 Å². The Hall–Kier alpha value is -0.870. The minimum absolute atomic E-state index is 0.0461. The number of nitrogens with zero attached hydrogens (tertiary/aromatic N) is 1. The van der Waals surface area contributed by atoms with Gasteiger partial charge in [0.05, 0.1) is 11.0 Å². The maximum Gasteiger partial charge on any atom is 0.114 e. The van der Waals surface area contributed by atoms with Gasteiger partial charge in [-0.3, -0.25) is 0 Å². The molecule has 0 unspecified atom stereocenters. The molecule has 0 saturated heterocycles. The third-order valence-electron chi connectivity index (χ3n) is 4.87. The van der Waals surface area contributed by atoms with Gasteiger partial charge in [-0.2, -0.15) is 0 Å². The summed E-state index contributed by atoms with van der Waals surface area (Å²) in [4.78, 5) is 8.42. The number of imidazole rings is 1. The Morgan fingerprint density at radius 1 is 1.40 bits per heavy atom. The largest absolute Gasteiger partial charge is 0.341 e. The number of rotatable bonds is 2. The zero-order chi connectivity index (χ0) is 14.3. The summed E-state index contributed by atoms with van der Waals surface area (Å²) in [6.07, 6.45) is 4.78. The first kappa shape index (κ1) is 14.1. The number of nitrogens with one attached hydrogen (secondary N) is 1. The summed E-state index contributed by atoms with van der Waals surface area (Å²) < 4.78 is 1.09. The number of hydrogen-bond donors (Lipinski definition) is 2. The van der Waals surface area contributed by atoms with E-state index in [0.29, 0.717) is 6.54 Å². The number of H-pyrrole nitrogens is 1. The molecule has 1 heterocycles. The van der Waals surface area contributed by atoms with Gasteiger partial charge in [0.15, 0.2) is 0 Å². The lowest BCUT2D eigenvalue weighted by Crippen LogP contribution is -2.39. The fraction of sp³-hybridized carbons (Fsp3) is 0.562. The molecule has 0 amide bonds. The van der Waals surface area contributed by atoms with Crippen molar-refractivity contribution in [1.82, 2.24) is 9.97 Å². The van der Waals surface area contributed by atoms with E-state index < -0.39 is 0 Å². The average Bonchev–Trinajstić information content (AvgIpc) is 2.85. The number of nitrogens with two attached hydrogens (primary N) is 1. The monoisotopic (exact) mass is 335 g/mol. The maximum atomic E-state index is 6.14. The van der Waals surface area contributed by atoms with Crippen LogP contribution in [0, 0.1) is 12.8 Å². The first-order valence-corrected chi connectivity index (χ1v) is 8.20. The van der Waals surface area contributed by atoms with Crippen molar-refractivity contribution in [1.29, 1.82) is 0 Å². The van der Waals surface area contributed by atoms with Gasteiger partial charge in [-0.15, -0.1) is 0 Å². The molecule has 1 saturated carbocycles. The summed E-state index contributed by atoms with van der Waals surface area (Å²) in [5.74, 6) is 1.90. The molecular weight excluding hydrogens is 314 g/mol. The van der Waals surface area contributed by atoms with Crippen LogP contribution < -0.4 is 5.73 Å². The summed E-state index contributed by atoms with van der Waals surface area (Å²) in [7, 11) is 0. The van der Waals surface area contributed by atoms with E-state index in [9.17, 15) is 0 Å². The van der Waals surface area contributed by atoms with Crippen LogP contribution in [0.5, 0.6) is 0 Å². The number of hydrogen-bond acceptors (Lipinski definition) is 2. The molecule has 1 aromatic heterocycles. The molecule has 3 nitrogen and oxygen atoms in total. The molecule has 20 heavy (non-hydrogen) atoms. The molecule has 0 bridgehead atoms. The van der Waals surface area contributed by atoms with Crippen molar-refractivity contribution in [3.63, 3.8) is 0 Å². The van der Waals surface area contributed by atoms with E-state index in [1.54, 1.807) is 0 Å². The van der Waals surface area contributed by atoms with Crippen molar-refractivity contribution in [2.75, 3.05) is 6.54 Å². The summed E-state index contributed by atoms with van der Waals surface area (Å²) >= 11 is 3.55. The second-order valence-electron chi connectivity index (χ2n) is 6.37. The van der Waals surface area contributed by atoms with E-state index in [2.05, 4.69) is 46.9 Å². The summed E-state index contributed by atoms with van der Waals surface area (Å²) in [6, 6.07) is 4.22. The molecule has 108 valence electrons. The van der Waals surface area contributed by atoms with Crippen molar-refractivity contribution in [2.45, 2.75) is 44.9 Å². The third kappa shape index (κ3) is 2.29. The third-order valence-corrected chi connectivity index (χ3v) is 5.32. The fourth-order valence-corrected chi connectivity index (χ4v) is 3.92. The Labute approximate surface area is 128 Å². The molecule has 1 aliphatic rings. The molecule has 2 aromatic rings. The summed E-state index contributed by atoms with van der Waals surface area (Å²) in [5, 5.41) is 0. The Morgan fingerprint density at radius 2 is 2.10 bits per heavy atom. The van der Waals surface area contributed by atoms with E-state index in [1.807, 2.05) is 0 Å². The van der Waals surface area contributed by atoms with Gasteiger partial charge in [-0.25, -0.2) is 4.98 Å². The van der Waals surface area contributed by atoms with Crippen LogP contribution in [0.3, 0.4) is 0 Å². The van der Waals surface area contributed by atoms with Gasteiger partial charge in [0.25, 0.3) is 0 Å². The Balaban J connectivity index is 2.06. The highest BCUT2D eigenvalue weighted by molar-refractivity contribution is 9.10. The second kappa shape index (κ2) is 5.15. The Bertz CT molecular complexity index is 624. The predicted octanol–water partition coefficient (Wildman–Crippen LogP) is 4.04. The number of aromatic nitrogens is 2. The smallest absolute Gasteiger partial charge is 0.114 e. The SMILES string of the molecule is Cc1cc(Br)cc2[nH]c(C3(CN)CCC(C)CC3)nc12. The highest BCUT2D eigenvalue weighted by Gasteiger charge is 2.37. The standard InChI is InChI=1S/C16H22BrN3/c1-10-3-5-16(9-18,6-4-10)15-19-13-8-12(17)7-11(2)14(13)20-15/h7-8,10H,3-6,9,18H2,1-2H3,(H,19,20). The molecule has 0 atom stereocenters. The highest BCUT2D eigenvalue weighted by Crippen LogP contribution is 2.40. The number of fused-ring (bicyclic) bond motifs is 1. The number of benzene rings is 1. The Morgan fingerprint density at radius 3 is 2.75 bits per heavy atom. The van der Waals surface area contributed by atoms with Crippen LogP contribution in [0.15, 0.2) is 16.6 Å². The lowest BCUT2D eigenvalue weighted by atomic mass is 9.70. The summed E-state index contributed by atoms with van der Waals surface area (Å²) in [5.41, 5.74) is 9.57. The highest BCUT2D eigenvalue weighted by atomic mass is 79.9. The minimum Gasteiger partial charge on any atom is -0.341 e. The van der Waals surface area contributed by atoms with Crippen molar-refractivity contribution >= 4 is 27.0 Å². The lowest BCUT2D eigenvalue weighted by molar-refractivity contribution is 0.238. The lowest BCUT2D eigenvalue weighted by Gasteiger charge is -2.36. The van der Waals surface area contributed by atoms with Crippen LogP contribution in [0.2, 0.25) is 0 Å². The van der Waals surface area contributed by atoms with Crippen molar-refractivity contribution in [3.05, 3.63) is 28.0 Å². The van der Waals surface area contributed by atoms with E-state index in [1.165, 1.54) is 18.4 Å². The van der Waals surface area contributed by atoms with E-state index in [-0.39, 0.29) is 5.41 Å². The first-order chi connectivity index (χ1) is 9.54. The molecule has 1 aromatic carbocycles. The summed E-state index contributed by atoms with van der Waals surface area (Å²) in [6.45, 7) is 5.12. The normalized spacial score (nSPS) is 27.1. The number of halogens is 1. The molecule has 1 fully saturated rings. The van der Waals surface area contributed by atoms with Crippen LogP contribution in [0.1, 0.15) is 44.0 Å². The molecular formula is C16H22BrN3. The van der Waals surface area contributed by atoms with Gasteiger partial charge in [-0.1, -0.05) is 22.9 Å². The molecule has 3 rings (SSSR count). The van der Waals surface area contributed by atoms with Crippen LogP contribution in [0.4, 0.5) is 0 Å². The van der Waals surface area contributed by atoms with Crippen molar-refractivity contribution in [2.24, 2.45) is 11.7 Å². The van der Waals surface area contributed by atoms with Crippen molar-refractivity contribution < 1.29 is 0 Å². The second-order valence-corrected chi connectivity index (χ2v) is 7.29. The quantitative estimate of drug-likeness (QED) is 0.870. The van der Waals surface area contributed by atoms with Gasteiger partial charge in [0.2, 0.25) is 0 Å². The Kier molecular flexibility index (Phi) is 3.63. The molecule has 1 aliphatic carbocycles. The van der Waals surface area contributed by atoms with Crippen LogP contribution in [-0.2, 0) is 5.41 Å². The average molecular weight is 336 g/mol. The molecule has 0 aliphatic heterocycles. The number of aromatic amines is 1. The predicted molar refractivity (Wildman–Crippen MR) is 86.9 cm³/mol. The molecule has 0 radical (unpaired) electrons. The van der Waals surface area contributed by atoms with Gasteiger partial charge in [-0.05, 0) is 56.2 Å².